The molecule has 2 aliphatic carbocycles. The van der Waals surface area contributed by atoms with Gasteiger partial charge in [0, 0.05) is 11.8 Å². The fraction of sp³-hybridized carbons (Fsp3) is 0.375. The number of hydrogen-bond acceptors (Lipinski definition) is 4. The van der Waals surface area contributed by atoms with E-state index in [1.807, 2.05) is 24.3 Å². The Kier molecular flexibility index (Phi) is 5.06. The van der Waals surface area contributed by atoms with Gasteiger partial charge in [-0.2, -0.15) is 0 Å². The van der Waals surface area contributed by atoms with Crippen molar-refractivity contribution in [2.24, 2.45) is 11.8 Å². The maximum atomic E-state index is 11.7. The summed E-state index contributed by atoms with van der Waals surface area (Å²) in [5.41, 5.74) is 1.34. The summed E-state index contributed by atoms with van der Waals surface area (Å²) in [6.07, 6.45) is 3.67. The normalized spacial score (nSPS) is 16.0. The van der Waals surface area contributed by atoms with Crippen LogP contribution in [0.3, 0.4) is 0 Å². The van der Waals surface area contributed by atoms with Crippen LogP contribution in [0.4, 0.5) is 11.4 Å². The molecule has 0 saturated heterocycles. The molecule has 2 saturated carbocycles. The minimum absolute atomic E-state index is 0.0508. The minimum atomic E-state index is -0.0508. The molecule has 0 bridgehead atoms. The molecule has 0 atom stereocenters. The number of nitrogens with one attached hydrogen (secondary N) is 4. The van der Waals surface area contributed by atoms with Gasteiger partial charge in [0.25, 0.3) is 0 Å². The number of para-hydroxylation sites is 2. The van der Waals surface area contributed by atoms with Crippen molar-refractivity contribution in [1.82, 2.24) is 10.6 Å². The average molecular weight is 362 g/mol. The van der Waals surface area contributed by atoms with Crippen LogP contribution in [-0.2, 0) is 9.59 Å². The molecule has 0 heterocycles. The Morgan fingerprint density at radius 3 is 1.50 bits per heavy atom. The summed E-state index contributed by atoms with van der Waals surface area (Å²) in [5, 5.41) is 11.8. The van der Waals surface area contributed by atoms with Gasteiger partial charge in [-0.05, 0) is 62.3 Å². The minimum Gasteiger partial charge on any atom is -0.331 e. The first-order valence-corrected chi connectivity index (χ1v) is 8.67. The maximum Gasteiger partial charge on any atom is 0.229 e. The number of carbonyl (C=O) groups is 2. The van der Waals surface area contributed by atoms with E-state index in [1.54, 1.807) is 0 Å². The number of carbonyl (C=O) groups excluding carboxylic acids is 2. The molecule has 0 unspecified atom stereocenters. The van der Waals surface area contributed by atoms with Gasteiger partial charge in [0.15, 0.2) is 10.2 Å². The number of anilines is 2. The Labute approximate surface area is 150 Å². The molecule has 24 heavy (non-hydrogen) atoms. The summed E-state index contributed by atoms with van der Waals surface area (Å²) in [6.45, 7) is 0. The van der Waals surface area contributed by atoms with Crippen LogP contribution in [-0.4, -0.2) is 22.0 Å². The van der Waals surface area contributed by atoms with E-state index in [-0.39, 0.29) is 33.9 Å². The number of hydrogen-bond donors (Lipinski definition) is 4. The fourth-order valence-corrected chi connectivity index (χ4v) is 2.55. The van der Waals surface area contributed by atoms with Crippen molar-refractivity contribution in [2.75, 3.05) is 10.6 Å². The lowest BCUT2D eigenvalue weighted by Crippen LogP contribution is -2.36. The van der Waals surface area contributed by atoms with Gasteiger partial charge in [-0.25, -0.2) is 0 Å². The van der Waals surface area contributed by atoms with E-state index in [4.69, 9.17) is 24.4 Å². The third-order valence-electron chi connectivity index (χ3n) is 3.79. The highest BCUT2D eigenvalue weighted by Gasteiger charge is 2.30. The summed E-state index contributed by atoms with van der Waals surface area (Å²) in [5.74, 6) is 0.0713. The fourth-order valence-electron chi connectivity index (χ4n) is 2.13. The van der Waals surface area contributed by atoms with Crippen LogP contribution in [0.5, 0.6) is 0 Å². The lowest BCUT2D eigenvalue weighted by atomic mass is 10.2. The second kappa shape index (κ2) is 7.23. The molecule has 2 aliphatic rings. The average Bonchev–Trinajstić information content (AvgIpc) is 3.40. The van der Waals surface area contributed by atoms with Crippen molar-refractivity contribution in [1.29, 1.82) is 0 Å². The predicted octanol–water partition coefficient (Wildman–Crippen LogP) is 2.13. The van der Waals surface area contributed by atoms with Crippen molar-refractivity contribution in [3.8, 4) is 0 Å². The first-order valence-electron chi connectivity index (χ1n) is 7.85. The molecule has 6 nitrogen and oxygen atoms in total. The highest BCUT2D eigenvalue weighted by Crippen LogP contribution is 2.29. The number of amides is 2. The van der Waals surface area contributed by atoms with E-state index in [2.05, 4.69) is 21.3 Å². The van der Waals surface area contributed by atoms with Crippen LogP contribution < -0.4 is 21.3 Å². The van der Waals surface area contributed by atoms with Crippen molar-refractivity contribution in [2.45, 2.75) is 25.7 Å². The topological polar surface area (TPSA) is 82.3 Å². The molecule has 2 amide bonds. The lowest BCUT2D eigenvalue weighted by molar-refractivity contribution is -0.121. The van der Waals surface area contributed by atoms with Gasteiger partial charge < -0.3 is 21.3 Å². The molecule has 4 N–H and O–H groups in total. The highest BCUT2D eigenvalue weighted by atomic mass is 32.1. The smallest absolute Gasteiger partial charge is 0.229 e. The zero-order valence-corrected chi connectivity index (χ0v) is 14.6. The summed E-state index contributed by atoms with van der Waals surface area (Å²) in [7, 11) is 0. The molecule has 0 spiro atoms. The molecule has 1 aromatic rings. The molecule has 1 aromatic carbocycles. The largest absolute Gasteiger partial charge is 0.331 e. The van der Waals surface area contributed by atoms with Crippen molar-refractivity contribution >= 4 is 57.8 Å². The number of rotatable bonds is 4. The predicted molar refractivity (Wildman–Crippen MR) is 101 cm³/mol. The zero-order chi connectivity index (χ0) is 17.1. The Hall–Kier alpha value is -2.06. The van der Waals surface area contributed by atoms with E-state index in [0.29, 0.717) is 11.4 Å². The van der Waals surface area contributed by atoms with E-state index < -0.39 is 0 Å². The van der Waals surface area contributed by atoms with Crippen molar-refractivity contribution in [3.05, 3.63) is 24.3 Å². The van der Waals surface area contributed by atoms with Gasteiger partial charge in [0.05, 0.1) is 11.4 Å². The third kappa shape index (κ3) is 4.72. The van der Waals surface area contributed by atoms with Crippen LogP contribution in [0.1, 0.15) is 25.7 Å². The van der Waals surface area contributed by atoms with Crippen LogP contribution in [0, 0.1) is 11.8 Å². The van der Waals surface area contributed by atoms with Crippen LogP contribution in [0.25, 0.3) is 0 Å². The monoisotopic (exact) mass is 362 g/mol. The third-order valence-corrected chi connectivity index (χ3v) is 4.20. The van der Waals surface area contributed by atoms with Gasteiger partial charge >= 0.3 is 0 Å². The van der Waals surface area contributed by atoms with Crippen LogP contribution >= 0.6 is 24.4 Å². The zero-order valence-electron chi connectivity index (χ0n) is 12.9. The molecule has 8 heteroatoms. The molecule has 126 valence electrons. The summed E-state index contributed by atoms with van der Waals surface area (Å²) in [4.78, 5) is 23.5. The molecule has 0 radical (unpaired) electrons. The van der Waals surface area contributed by atoms with Crippen molar-refractivity contribution < 1.29 is 9.59 Å². The van der Waals surface area contributed by atoms with E-state index in [9.17, 15) is 9.59 Å². The summed E-state index contributed by atoms with van der Waals surface area (Å²) in [6, 6.07) is 7.29. The first kappa shape index (κ1) is 16.8. The maximum absolute atomic E-state index is 11.7. The first-order chi connectivity index (χ1) is 11.5. The van der Waals surface area contributed by atoms with Gasteiger partial charge in [-0.1, -0.05) is 12.1 Å². The summed E-state index contributed by atoms with van der Waals surface area (Å²) < 4.78 is 0. The standard InChI is InChI=1S/C16H18N4O2S2/c21-13(9-5-6-9)19-15(23)17-11-3-1-2-4-12(11)18-16(24)20-14(22)10-7-8-10/h1-4,9-10H,5-8H2,(H2,17,19,21,23)(H2,18,20,22,24). The lowest BCUT2D eigenvalue weighted by Gasteiger charge is -2.15. The molecular weight excluding hydrogens is 344 g/mol. The van der Waals surface area contributed by atoms with Crippen LogP contribution in [0.15, 0.2) is 24.3 Å². The van der Waals surface area contributed by atoms with Gasteiger partial charge in [-0.15, -0.1) is 0 Å². The van der Waals surface area contributed by atoms with Gasteiger partial charge in [0.2, 0.25) is 11.8 Å². The van der Waals surface area contributed by atoms with Gasteiger partial charge in [-0.3, -0.25) is 9.59 Å². The molecule has 0 aromatic heterocycles. The SMILES string of the molecule is O=C(NC(=S)Nc1ccccc1NC(=S)NC(=O)C1CC1)C1CC1. The molecule has 2 fully saturated rings. The molecule has 3 rings (SSSR count). The Bertz CT molecular complexity index is 640. The van der Waals surface area contributed by atoms with E-state index in [1.165, 1.54) is 0 Å². The van der Waals surface area contributed by atoms with Crippen molar-refractivity contribution in [3.63, 3.8) is 0 Å². The van der Waals surface area contributed by atoms with Gasteiger partial charge in [0.1, 0.15) is 0 Å². The number of benzene rings is 1. The Morgan fingerprint density at radius 2 is 1.17 bits per heavy atom. The highest BCUT2D eigenvalue weighted by molar-refractivity contribution is 7.80. The second-order valence-corrected chi connectivity index (χ2v) is 6.80. The number of thiocarbonyl (C=S) groups is 2. The van der Waals surface area contributed by atoms with E-state index in [0.717, 1.165) is 25.7 Å². The molecular formula is C16H18N4O2S2. The van der Waals surface area contributed by atoms with Crippen LogP contribution in [0.2, 0.25) is 0 Å². The Balaban J connectivity index is 1.57. The molecule has 0 aliphatic heterocycles. The second-order valence-electron chi connectivity index (χ2n) is 5.98. The Morgan fingerprint density at radius 1 is 0.792 bits per heavy atom. The summed E-state index contributed by atoms with van der Waals surface area (Å²) >= 11 is 10.3. The van der Waals surface area contributed by atoms with E-state index >= 15 is 0 Å². The quantitative estimate of drug-likeness (QED) is 0.615.